The smallest absolute Gasteiger partial charge is 0.248 e. The topological polar surface area (TPSA) is 76.8 Å². The fourth-order valence-corrected chi connectivity index (χ4v) is 1.88. The third-order valence-electron chi connectivity index (χ3n) is 2.89. The average Bonchev–Trinajstić information content (AvgIpc) is 2.93. The average molecular weight is 271 g/mol. The van der Waals surface area contributed by atoms with Gasteiger partial charge in [-0.2, -0.15) is 4.94 Å². The Bertz CT molecular complexity index is 634. The van der Waals surface area contributed by atoms with E-state index in [1.54, 1.807) is 41.7 Å². The van der Waals surface area contributed by atoms with Gasteiger partial charge in [0.2, 0.25) is 5.91 Å². The molecule has 0 unspecified atom stereocenters. The van der Waals surface area contributed by atoms with Crippen molar-refractivity contribution < 1.29 is 14.5 Å². The van der Waals surface area contributed by atoms with E-state index in [2.05, 4.69) is 5.48 Å². The summed E-state index contributed by atoms with van der Waals surface area (Å²) in [5.41, 5.74) is 10.2. The van der Waals surface area contributed by atoms with E-state index >= 15 is 0 Å². The van der Waals surface area contributed by atoms with E-state index in [0.29, 0.717) is 17.9 Å². The highest BCUT2D eigenvalue weighted by atomic mass is 16.8. The van der Waals surface area contributed by atoms with Crippen LogP contribution in [-0.4, -0.2) is 17.6 Å². The van der Waals surface area contributed by atoms with Crippen molar-refractivity contribution in [2.75, 3.05) is 6.61 Å². The maximum absolute atomic E-state index is 11.1. The Labute approximate surface area is 115 Å². The first-order chi connectivity index (χ1) is 9.72. The predicted octanol–water partition coefficient (Wildman–Crippen LogP) is 1.21. The number of primary amides is 1. The molecule has 2 aliphatic rings. The van der Waals surface area contributed by atoms with Crippen LogP contribution in [0.5, 0.6) is 5.75 Å². The molecule has 2 heterocycles. The van der Waals surface area contributed by atoms with Crippen molar-refractivity contribution in [3.05, 3.63) is 65.7 Å². The Morgan fingerprint density at radius 1 is 1.45 bits per heavy atom. The van der Waals surface area contributed by atoms with Gasteiger partial charge in [0.05, 0.1) is 11.9 Å². The van der Waals surface area contributed by atoms with Crippen molar-refractivity contribution in [1.29, 1.82) is 0 Å². The summed E-state index contributed by atoms with van der Waals surface area (Å²) < 4.78 is 5.65. The Morgan fingerprint density at radius 2 is 2.35 bits per heavy atom. The van der Waals surface area contributed by atoms with Crippen LogP contribution in [0.4, 0.5) is 0 Å². The van der Waals surface area contributed by atoms with Crippen molar-refractivity contribution in [3.63, 3.8) is 0 Å². The third-order valence-corrected chi connectivity index (χ3v) is 2.89. The zero-order valence-corrected chi connectivity index (χ0v) is 10.6. The van der Waals surface area contributed by atoms with Crippen LogP contribution in [0.25, 0.3) is 0 Å². The lowest BCUT2D eigenvalue weighted by Gasteiger charge is -2.17. The van der Waals surface area contributed by atoms with Crippen LogP contribution in [-0.2, 0) is 4.94 Å². The molecular weight excluding hydrogens is 258 g/mol. The number of nitrogens with one attached hydrogen (secondary N) is 1. The summed E-state index contributed by atoms with van der Waals surface area (Å²) in [4.78, 5) is 16.2. The van der Waals surface area contributed by atoms with Gasteiger partial charge in [0.25, 0.3) is 0 Å². The molecule has 3 rings (SSSR count). The summed E-state index contributed by atoms with van der Waals surface area (Å²) in [6.07, 6.45) is 7.38. The summed E-state index contributed by atoms with van der Waals surface area (Å²) in [5, 5.41) is 1.61. The first kappa shape index (κ1) is 12.3. The molecule has 0 aromatic heterocycles. The van der Waals surface area contributed by atoms with Crippen molar-refractivity contribution in [3.8, 4) is 5.75 Å². The van der Waals surface area contributed by atoms with Gasteiger partial charge in [-0.1, -0.05) is 6.07 Å². The van der Waals surface area contributed by atoms with Crippen LogP contribution in [0.1, 0.15) is 10.4 Å². The number of carbonyl (C=O) groups is 1. The molecule has 0 saturated heterocycles. The molecule has 1 aromatic carbocycles. The van der Waals surface area contributed by atoms with E-state index in [-0.39, 0.29) is 0 Å². The van der Waals surface area contributed by atoms with Crippen molar-refractivity contribution in [2.24, 2.45) is 5.73 Å². The maximum Gasteiger partial charge on any atom is 0.248 e. The standard InChI is InChI=1S/C14H13N3O3/c15-14(18)11-2-1-3-13(7-11)19-9-10-4-5-17-12(6-10)8-16-20-17/h1-8,16H,9H2,(H2,15,18). The lowest BCUT2D eigenvalue weighted by molar-refractivity contribution is -0.112. The van der Waals surface area contributed by atoms with Gasteiger partial charge in [0, 0.05) is 11.8 Å². The number of fused-ring (bicyclic) bond motifs is 1. The van der Waals surface area contributed by atoms with Gasteiger partial charge in [-0.15, -0.1) is 0 Å². The molecule has 1 aromatic rings. The number of amides is 1. The highest BCUT2D eigenvalue weighted by molar-refractivity contribution is 5.93. The van der Waals surface area contributed by atoms with Crippen LogP contribution in [0.3, 0.4) is 0 Å². The molecule has 0 fully saturated rings. The van der Waals surface area contributed by atoms with Gasteiger partial charge in [-0.25, -0.2) is 10.5 Å². The first-order valence-corrected chi connectivity index (χ1v) is 6.06. The molecule has 0 aliphatic carbocycles. The van der Waals surface area contributed by atoms with Crippen LogP contribution in [0, 0.1) is 0 Å². The second kappa shape index (κ2) is 5.10. The molecule has 1 amide bonds. The van der Waals surface area contributed by atoms with Crippen LogP contribution in [0.15, 0.2) is 60.1 Å². The molecule has 0 saturated carbocycles. The summed E-state index contributed by atoms with van der Waals surface area (Å²) in [7, 11) is 0. The molecule has 0 bridgehead atoms. The van der Waals surface area contributed by atoms with E-state index in [4.69, 9.17) is 15.4 Å². The number of rotatable bonds is 4. The second-order valence-corrected chi connectivity index (χ2v) is 4.32. The van der Waals surface area contributed by atoms with E-state index < -0.39 is 5.91 Å². The molecule has 0 spiro atoms. The number of nitrogens with two attached hydrogens (primary N) is 1. The Morgan fingerprint density at radius 3 is 3.20 bits per heavy atom. The number of benzene rings is 1. The monoisotopic (exact) mass is 271 g/mol. The molecule has 2 aliphatic heterocycles. The number of hydroxylamine groups is 3. The highest BCUT2D eigenvalue weighted by Gasteiger charge is 2.16. The quantitative estimate of drug-likeness (QED) is 0.860. The number of carbonyl (C=O) groups excluding carboxylic acids is 1. The number of ether oxygens (including phenoxy) is 1. The van der Waals surface area contributed by atoms with Crippen LogP contribution < -0.4 is 16.0 Å². The van der Waals surface area contributed by atoms with Crippen molar-refractivity contribution in [1.82, 2.24) is 10.5 Å². The molecule has 3 N–H and O–H groups in total. The van der Waals surface area contributed by atoms with E-state index in [1.807, 2.05) is 12.2 Å². The minimum absolute atomic E-state index is 0.393. The van der Waals surface area contributed by atoms with Crippen molar-refractivity contribution >= 4 is 5.91 Å². The van der Waals surface area contributed by atoms with E-state index in [0.717, 1.165) is 11.3 Å². The summed E-state index contributed by atoms with van der Waals surface area (Å²) >= 11 is 0. The molecule has 20 heavy (non-hydrogen) atoms. The largest absolute Gasteiger partial charge is 0.489 e. The van der Waals surface area contributed by atoms with Gasteiger partial charge in [0.15, 0.2) is 0 Å². The van der Waals surface area contributed by atoms with Gasteiger partial charge < -0.3 is 10.5 Å². The summed E-state index contributed by atoms with van der Waals surface area (Å²) in [6.45, 7) is 0.393. The Hall–Kier alpha value is -2.73. The lowest BCUT2D eigenvalue weighted by Crippen LogP contribution is -2.17. The van der Waals surface area contributed by atoms with E-state index in [9.17, 15) is 4.79 Å². The highest BCUT2D eigenvalue weighted by Crippen LogP contribution is 2.21. The number of allylic oxidation sites excluding steroid dienone is 1. The SMILES string of the molecule is NC(=O)c1cccc(OCC2=CC3=CNON3C=C2)c1. The molecule has 6 heteroatoms. The van der Waals surface area contributed by atoms with Crippen LogP contribution >= 0.6 is 0 Å². The lowest BCUT2D eigenvalue weighted by atomic mass is 10.2. The zero-order chi connectivity index (χ0) is 13.9. The fourth-order valence-electron chi connectivity index (χ4n) is 1.88. The minimum atomic E-state index is -0.470. The predicted molar refractivity (Wildman–Crippen MR) is 71.8 cm³/mol. The van der Waals surface area contributed by atoms with Gasteiger partial charge in [-0.05, 0) is 35.9 Å². The number of hydrogen-bond donors (Lipinski definition) is 2. The molecule has 0 radical (unpaired) electrons. The van der Waals surface area contributed by atoms with Gasteiger partial charge in [0.1, 0.15) is 12.4 Å². The summed E-state index contributed by atoms with van der Waals surface area (Å²) in [5.74, 6) is 0.134. The summed E-state index contributed by atoms with van der Waals surface area (Å²) in [6, 6.07) is 6.80. The Kier molecular flexibility index (Phi) is 3.14. The molecule has 6 nitrogen and oxygen atoms in total. The second-order valence-electron chi connectivity index (χ2n) is 4.32. The van der Waals surface area contributed by atoms with Crippen molar-refractivity contribution in [2.45, 2.75) is 0 Å². The van der Waals surface area contributed by atoms with Gasteiger partial charge >= 0.3 is 0 Å². The Balaban J connectivity index is 1.67. The minimum Gasteiger partial charge on any atom is -0.489 e. The maximum atomic E-state index is 11.1. The third kappa shape index (κ3) is 2.50. The van der Waals surface area contributed by atoms with Crippen LogP contribution in [0.2, 0.25) is 0 Å². The number of nitrogens with zero attached hydrogens (tertiary/aromatic N) is 1. The van der Waals surface area contributed by atoms with Gasteiger partial charge in [-0.3, -0.25) is 4.79 Å². The van der Waals surface area contributed by atoms with E-state index in [1.165, 1.54) is 0 Å². The normalized spacial score (nSPS) is 16.1. The zero-order valence-electron chi connectivity index (χ0n) is 10.6. The fraction of sp³-hybridized carbons (Fsp3) is 0.0714. The number of hydrogen-bond acceptors (Lipinski definition) is 5. The molecule has 102 valence electrons. The first-order valence-electron chi connectivity index (χ1n) is 6.06. The molecule has 0 atom stereocenters. The molecular formula is C14H13N3O3.